The van der Waals surface area contributed by atoms with E-state index in [0.29, 0.717) is 22.2 Å². The van der Waals surface area contributed by atoms with Gasteiger partial charge < -0.3 is 10.2 Å². The highest BCUT2D eigenvalue weighted by atomic mass is 35.5. The Morgan fingerprint density at radius 2 is 1.67 bits per heavy atom. The Kier molecular flexibility index (Phi) is 11.1. The third kappa shape index (κ3) is 8.99. The van der Waals surface area contributed by atoms with Crippen molar-refractivity contribution >= 4 is 46.8 Å². The highest BCUT2D eigenvalue weighted by molar-refractivity contribution is 7.99. The number of hydrogen-bond acceptors (Lipinski definition) is 3. The summed E-state index contributed by atoms with van der Waals surface area (Å²) in [6, 6.07) is 20.6. The maximum absolute atomic E-state index is 13.8. The predicted molar refractivity (Wildman–Crippen MR) is 159 cm³/mol. The molecule has 1 aliphatic rings. The molecule has 8 heteroatoms. The number of halogens is 3. The first kappa shape index (κ1) is 29.4. The molecule has 0 bridgehead atoms. The molecule has 39 heavy (non-hydrogen) atoms. The lowest BCUT2D eigenvalue weighted by Gasteiger charge is -2.33. The number of nitrogens with zero attached hydrogens (tertiary/aromatic N) is 1. The summed E-state index contributed by atoms with van der Waals surface area (Å²) < 4.78 is 13.6. The summed E-state index contributed by atoms with van der Waals surface area (Å²) in [5.41, 5.74) is 2.62. The van der Waals surface area contributed by atoms with Gasteiger partial charge in [-0.1, -0.05) is 91.0 Å². The Labute approximate surface area is 244 Å². The first-order valence-electron chi connectivity index (χ1n) is 13.3. The summed E-state index contributed by atoms with van der Waals surface area (Å²) in [5.74, 6) is 0.0512. The lowest BCUT2D eigenvalue weighted by atomic mass is 9.94. The summed E-state index contributed by atoms with van der Waals surface area (Å²) in [5, 5.41) is 4.35. The molecule has 206 valence electrons. The van der Waals surface area contributed by atoms with Gasteiger partial charge in [0, 0.05) is 34.8 Å². The average Bonchev–Trinajstić information content (AvgIpc) is 2.94. The van der Waals surface area contributed by atoms with Crippen LogP contribution in [-0.4, -0.2) is 34.6 Å². The van der Waals surface area contributed by atoms with Crippen LogP contribution in [0.25, 0.3) is 0 Å². The van der Waals surface area contributed by atoms with Gasteiger partial charge in [0.25, 0.3) is 0 Å². The van der Waals surface area contributed by atoms with Crippen molar-refractivity contribution in [3.8, 4) is 0 Å². The molecule has 1 fully saturated rings. The predicted octanol–water partition coefficient (Wildman–Crippen LogP) is 7.45. The third-order valence-electron chi connectivity index (χ3n) is 6.99. The van der Waals surface area contributed by atoms with E-state index in [0.717, 1.165) is 42.4 Å². The minimum absolute atomic E-state index is 0.119. The van der Waals surface area contributed by atoms with Gasteiger partial charge in [-0.05, 0) is 53.8 Å². The van der Waals surface area contributed by atoms with Crippen molar-refractivity contribution in [2.45, 2.75) is 62.9 Å². The molecule has 0 aliphatic heterocycles. The zero-order valence-electron chi connectivity index (χ0n) is 21.8. The van der Waals surface area contributed by atoms with Gasteiger partial charge in [-0.2, -0.15) is 0 Å². The average molecular weight is 588 g/mol. The topological polar surface area (TPSA) is 49.4 Å². The number of benzene rings is 3. The van der Waals surface area contributed by atoms with Gasteiger partial charge in [0.05, 0.1) is 5.75 Å². The van der Waals surface area contributed by atoms with Crippen LogP contribution in [-0.2, 0) is 28.3 Å². The highest BCUT2D eigenvalue weighted by Gasteiger charge is 2.31. The quantitative estimate of drug-likeness (QED) is 0.254. The molecule has 3 aromatic carbocycles. The van der Waals surface area contributed by atoms with Gasteiger partial charge >= 0.3 is 0 Å². The zero-order chi connectivity index (χ0) is 27.6. The first-order valence-corrected chi connectivity index (χ1v) is 15.2. The highest BCUT2D eigenvalue weighted by Crippen LogP contribution is 2.26. The lowest BCUT2D eigenvalue weighted by Crippen LogP contribution is -2.53. The number of carbonyl (C=O) groups is 2. The molecule has 1 unspecified atom stereocenters. The van der Waals surface area contributed by atoms with Crippen LogP contribution in [0, 0.1) is 5.82 Å². The standard InChI is InChI=1S/C31H33Cl2FN2O2S/c32-25-14-13-24(28(33)18-25)20-39-21-30(37)36(19-23-11-15-26(34)16-12-23)29(17-22-7-3-1-4-8-22)31(38)35-27-9-5-2-6-10-27/h1,3-4,7-8,11-16,18,27,29H,2,5-6,9-10,17,19-21H2,(H,35,38). The molecule has 0 heterocycles. The number of amides is 2. The Bertz CT molecular complexity index is 1240. The summed E-state index contributed by atoms with van der Waals surface area (Å²) in [6.07, 6.45) is 5.66. The van der Waals surface area contributed by atoms with Crippen molar-refractivity contribution in [2.24, 2.45) is 0 Å². The van der Waals surface area contributed by atoms with Crippen LogP contribution < -0.4 is 5.32 Å². The van der Waals surface area contributed by atoms with E-state index in [4.69, 9.17) is 23.2 Å². The molecular formula is C31H33Cl2FN2O2S. The fourth-order valence-corrected chi connectivity index (χ4v) is 6.32. The molecule has 1 aliphatic carbocycles. The molecule has 1 saturated carbocycles. The monoisotopic (exact) mass is 586 g/mol. The molecule has 1 N–H and O–H groups in total. The molecule has 4 rings (SSSR count). The number of thioether (sulfide) groups is 1. The minimum atomic E-state index is -0.702. The van der Waals surface area contributed by atoms with Crippen LogP contribution in [0.4, 0.5) is 4.39 Å². The van der Waals surface area contributed by atoms with Gasteiger partial charge in [-0.3, -0.25) is 9.59 Å². The lowest BCUT2D eigenvalue weighted by molar-refractivity contribution is -0.139. The minimum Gasteiger partial charge on any atom is -0.352 e. The van der Waals surface area contributed by atoms with Crippen molar-refractivity contribution in [1.82, 2.24) is 10.2 Å². The Morgan fingerprint density at radius 1 is 0.949 bits per heavy atom. The number of carbonyl (C=O) groups excluding carboxylic acids is 2. The maximum atomic E-state index is 13.8. The van der Waals surface area contributed by atoms with Gasteiger partial charge in [-0.25, -0.2) is 4.39 Å². The first-order chi connectivity index (χ1) is 18.9. The molecule has 2 amide bonds. The second kappa shape index (κ2) is 14.7. The van der Waals surface area contributed by atoms with Crippen LogP contribution in [0.3, 0.4) is 0 Å². The Morgan fingerprint density at radius 3 is 2.36 bits per heavy atom. The van der Waals surface area contributed by atoms with E-state index in [1.807, 2.05) is 36.4 Å². The van der Waals surface area contributed by atoms with E-state index in [1.165, 1.54) is 30.3 Å². The fourth-order valence-electron chi connectivity index (χ4n) is 4.85. The molecule has 4 nitrogen and oxygen atoms in total. The van der Waals surface area contributed by atoms with Crippen LogP contribution >= 0.6 is 35.0 Å². The smallest absolute Gasteiger partial charge is 0.243 e. The Balaban J connectivity index is 1.56. The second-order valence-electron chi connectivity index (χ2n) is 9.93. The van der Waals surface area contributed by atoms with Crippen LogP contribution in [0.5, 0.6) is 0 Å². The summed E-state index contributed by atoms with van der Waals surface area (Å²) in [7, 11) is 0. The number of nitrogens with one attached hydrogen (secondary N) is 1. The van der Waals surface area contributed by atoms with Crippen LogP contribution in [0.1, 0.15) is 48.8 Å². The van der Waals surface area contributed by atoms with Crippen LogP contribution in [0.2, 0.25) is 10.0 Å². The van der Waals surface area contributed by atoms with E-state index in [1.54, 1.807) is 29.2 Å². The zero-order valence-corrected chi connectivity index (χ0v) is 24.1. The van der Waals surface area contributed by atoms with Gasteiger partial charge in [0.15, 0.2) is 0 Å². The summed E-state index contributed by atoms with van der Waals surface area (Å²) in [6.45, 7) is 0.205. The van der Waals surface area contributed by atoms with Gasteiger partial charge in [-0.15, -0.1) is 11.8 Å². The summed E-state index contributed by atoms with van der Waals surface area (Å²) in [4.78, 5) is 29.2. The fraction of sp³-hybridized carbons (Fsp3) is 0.355. The molecule has 3 aromatic rings. The van der Waals surface area contributed by atoms with Crippen molar-refractivity contribution < 1.29 is 14.0 Å². The van der Waals surface area contributed by atoms with Crippen molar-refractivity contribution in [1.29, 1.82) is 0 Å². The van der Waals surface area contributed by atoms with E-state index >= 15 is 0 Å². The van der Waals surface area contributed by atoms with Crippen molar-refractivity contribution in [2.75, 3.05) is 5.75 Å². The van der Waals surface area contributed by atoms with Crippen molar-refractivity contribution in [3.05, 3.63) is 105 Å². The maximum Gasteiger partial charge on any atom is 0.243 e. The van der Waals surface area contributed by atoms with Crippen molar-refractivity contribution in [3.63, 3.8) is 0 Å². The normalized spacial score (nSPS) is 14.5. The van der Waals surface area contributed by atoms with E-state index in [2.05, 4.69) is 5.32 Å². The van der Waals surface area contributed by atoms with E-state index < -0.39 is 6.04 Å². The van der Waals surface area contributed by atoms with Gasteiger partial charge in [0.2, 0.25) is 11.8 Å². The van der Waals surface area contributed by atoms with E-state index in [-0.39, 0.29) is 36.0 Å². The molecular weight excluding hydrogens is 554 g/mol. The molecule has 0 spiro atoms. The molecule has 0 radical (unpaired) electrons. The molecule has 1 atom stereocenters. The van der Waals surface area contributed by atoms with Gasteiger partial charge in [0.1, 0.15) is 11.9 Å². The summed E-state index contributed by atoms with van der Waals surface area (Å²) >= 11 is 13.8. The Hall–Kier alpha value is -2.54. The van der Waals surface area contributed by atoms with Crippen LogP contribution in [0.15, 0.2) is 72.8 Å². The SMILES string of the molecule is O=C(NC1CCCCC1)C(Cc1ccccc1)N(Cc1ccc(F)cc1)C(=O)CSCc1ccc(Cl)cc1Cl. The number of hydrogen-bond donors (Lipinski definition) is 1. The second-order valence-corrected chi connectivity index (χ2v) is 11.8. The number of rotatable bonds is 11. The molecule has 0 saturated heterocycles. The largest absolute Gasteiger partial charge is 0.352 e. The third-order valence-corrected chi connectivity index (χ3v) is 8.54. The van der Waals surface area contributed by atoms with E-state index in [9.17, 15) is 14.0 Å². The molecule has 0 aromatic heterocycles.